The Hall–Kier alpha value is -1.87. The highest BCUT2D eigenvalue weighted by molar-refractivity contribution is 6.35. The molecule has 0 saturated carbocycles. The summed E-state index contributed by atoms with van der Waals surface area (Å²) in [6, 6.07) is 10.5. The Morgan fingerprint density at radius 1 is 1.12 bits per heavy atom. The number of rotatable bonds is 2. The molecule has 0 atom stereocenters. The van der Waals surface area contributed by atoms with E-state index in [0.717, 1.165) is 0 Å². The van der Waals surface area contributed by atoms with Crippen molar-refractivity contribution in [2.75, 3.05) is 5.73 Å². The first-order chi connectivity index (χ1) is 8.09. The van der Waals surface area contributed by atoms with Gasteiger partial charge < -0.3 is 5.73 Å². The van der Waals surface area contributed by atoms with Crippen LogP contribution in [-0.4, -0.2) is 5.78 Å². The minimum absolute atomic E-state index is 0.149. The highest BCUT2D eigenvalue weighted by Crippen LogP contribution is 2.22. The smallest absolute Gasteiger partial charge is 0.194 e. The monoisotopic (exact) mass is 249 g/mol. The van der Waals surface area contributed by atoms with Crippen molar-refractivity contribution in [3.8, 4) is 0 Å². The van der Waals surface area contributed by atoms with Crippen LogP contribution in [0, 0.1) is 5.82 Å². The third-order valence-electron chi connectivity index (χ3n) is 2.37. The summed E-state index contributed by atoms with van der Waals surface area (Å²) >= 11 is 5.75. The molecular weight excluding hydrogens is 241 g/mol. The fourth-order valence-corrected chi connectivity index (χ4v) is 1.68. The van der Waals surface area contributed by atoms with Gasteiger partial charge in [0.25, 0.3) is 0 Å². The minimum atomic E-state index is -0.604. The molecule has 0 radical (unpaired) electrons. The molecule has 2 rings (SSSR count). The lowest BCUT2D eigenvalue weighted by Gasteiger charge is -2.04. The van der Waals surface area contributed by atoms with Crippen LogP contribution >= 0.6 is 11.6 Å². The number of hydrogen-bond acceptors (Lipinski definition) is 2. The number of carbonyl (C=O) groups is 1. The van der Waals surface area contributed by atoms with E-state index in [0.29, 0.717) is 11.3 Å². The van der Waals surface area contributed by atoms with E-state index in [1.165, 1.54) is 18.2 Å². The fraction of sp³-hybridized carbons (Fsp3) is 0. The van der Waals surface area contributed by atoms with E-state index in [1.807, 2.05) is 0 Å². The molecule has 0 aliphatic carbocycles. The van der Waals surface area contributed by atoms with Gasteiger partial charge in [-0.15, -0.1) is 0 Å². The van der Waals surface area contributed by atoms with Crippen LogP contribution in [0.5, 0.6) is 0 Å². The normalized spacial score (nSPS) is 10.2. The van der Waals surface area contributed by atoms with Crippen LogP contribution in [0.4, 0.5) is 10.1 Å². The Labute approximate surface area is 103 Å². The molecule has 17 heavy (non-hydrogen) atoms. The molecule has 0 aliphatic rings. The van der Waals surface area contributed by atoms with E-state index in [-0.39, 0.29) is 16.4 Å². The molecule has 0 bridgehead atoms. The first kappa shape index (κ1) is 11.6. The zero-order chi connectivity index (χ0) is 12.4. The predicted molar refractivity (Wildman–Crippen MR) is 65.7 cm³/mol. The van der Waals surface area contributed by atoms with Gasteiger partial charge in [-0.3, -0.25) is 4.79 Å². The van der Waals surface area contributed by atoms with Gasteiger partial charge in [-0.05, 0) is 36.4 Å². The highest BCUT2D eigenvalue weighted by Gasteiger charge is 2.14. The molecule has 0 aromatic heterocycles. The van der Waals surface area contributed by atoms with Crippen molar-refractivity contribution in [2.45, 2.75) is 0 Å². The van der Waals surface area contributed by atoms with E-state index >= 15 is 0 Å². The maximum Gasteiger partial charge on any atom is 0.194 e. The second kappa shape index (κ2) is 4.55. The highest BCUT2D eigenvalue weighted by atomic mass is 35.5. The maximum atomic E-state index is 13.2. The standard InChI is InChI=1S/C13H9ClFNO/c14-12-10(2-1-3-11(12)15)13(17)8-4-6-9(16)7-5-8/h1-7H,16H2. The topological polar surface area (TPSA) is 43.1 Å². The summed E-state index contributed by atoms with van der Waals surface area (Å²) in [6.45, 7) is 0. The molecule has 4 heteroatoms. The van der Waals surface area contributed by atoms with Crippen LogP contribution < -0.4 is 5.73 Å². The maximum absolute atomic E-state index is 13.2. The van der Waals surface area contributed by atoms with E-state index < -0.39 is 5.82 Å². The largest absolute Gasteiger partial charge is 0.399 e. The van der Waals surface area contributed by atoms with Gasteiger partial charge in [0.05, 0.1) is 5.02 Å². The quantitative estimate of drug-likeness (QED) is 0.656. The van der Waals surface area contributed by atoms with Crippen molar-refractivity contribution >= 4 is 23.1 Å². The lowest BCUT2D eigenvalue weighted by molar-refractivity contribution is 0.103. The van der Waals surface area contributed by atoms with Crippen LogP contribution in [-0.2, 0) is 0 Å². The van der Waals surface area contributed by atoms with Gasteiger partial charge in [-0.1, -0.05) is 17.7 Å². The molecule has 0 aliphatic heterocycles. The summed E-state index contributed by atoms with van der Waals surface area (Å²) < 4.78 is 13.2. The summed E-state index contributed by atoms with van der Waals surface area (Å²) in [6.07, 6.45) is 0. The van der Waals surface area contributed by atoms with Gasteiger partial charge in [-0.2, -0.15) is 0 Å². The SMILES string of the molecule is Nc1ccc(C(=O)c2cccc(F)c2Cl)cc1. The zero-order valence-electron chi connectivity index (χ0n) is 8.78. The molecule has 86 valence electrons. The second-order valence-electron chi connectivity index (χ2n) is 3.55. The summed E-state index contributed by atoms with van der Waals surface area (Å²) in [5, 5.41) is -0.158. The first-order valence-electron chi connectivity index (χ1n) is 4.94. The van der Waals surface area contributed by atoms with Crippen LogP contribution in [0.3, 0.4) is 0 Å². The minimum Gasteiger partial charge on any atom is -0.399 e. The predicted octanol–water partition coefficient (Wildman–Crippen LogP) is 3.29. The average molecular weight is 250 g/mol. The van der Waals surface area contributed by atoms with Crippen molar-refractivity contribution in [1.82, 2.24) is 0 Å². The Balaban J connectivity index is 2.44. The molecule has 2 aromatic rings. The number of benzene rings is 2. The summed E-state index contributed by atoms with van der Waals surface area (Å²) in [5.41, 5.74) is 6.66. The molecule has 0 spiro atoms. The molecule has 0 amide bonds. The number of nitrogens with two attached hydrogens (primary N) is 1. The molecule has 2 aromatic carbocycles. The number of anilines is 1. The number of nitrogen functional groups attached to an aromatic ring is 1. The second-order valence-corrected chi connectivity index (χ2v) is 3.93. The number of carbonyl (C=O) groups excluding carboxylic acids is 1. The molecule has 0 saturated heterocycles. The molecular formula is C13H9ClFNO. The lowest BCUT2D eigenvalue weighted by atomic mass is 10.0. The van der Waals surface area contributed by atoms with Crippen molar-refractivity contribution in [2.24, 2.45) is 0 Å². The Morgan fingerprint density at radius 3 is 2.41 bits per heavy atom. The van der Waals surface area contributed by atoms with E-state index in [1.54, 1.807) is 24.3 Å². The van der Waals surface area contributed by atoms with Gasteiger partial charge in [-0.25, -0.2) is 4.39 Å². The van der Waals surface area contributed by atoms with Gasteiger partial charge in [0.2, 0.25) is 0 Å². The molecule has 2 N–H and O–H groups in total. The summed E-state index contributed by atoms with van der Waals surface area (Å²) in [4.78, 5) is 12.0. The third kappa shape index (κ3) is 2.29. The first-order valence-corrected chi connectivity index (χ1v) is 5.31. The van der Waals surface area contributed by atoms with Gasteiger partial charge in [0.15, 0.2) is 5.78 Å². The van der Waals surface area contributed by atoms with Crippen LogP contribution in [0.2, 0.25) is 5.02 Å². The fourth-order valence-electron chi connectivity index (χ4n) is 1.47. The lowest BCUT2D eigenvalue weighted by Crippen LogP contribution is -2.03. The van der Waals surface area contributed by atoms with E-state index in [2.05, 4.69) is 0 Å². The van der Waals surface area contributed by atoms with Crippen LogP contribution in [0.1, 0.15) is 15.9 Å². The van der Waals surface area contributed by atoms with Crippen LogP contribution in [0.15, 0.2) is 42.5 Å². The Morgan fingerprint density at radius 2 is 1.76 bits per heavy atom. The van der Waals surface area contributed by atoms with Gasteiger partial charge in [0, 0.05) is 16.8 Å². The number of halogens is 2. The van der Waals surface area contributed by atoms with Gasteiger partial charge >= 0.3 is 0 Å². The van der Waals surface area contributed by atoms with Crippen molar-refractivity contribution in [3.05, 3.63) is 64.4 Å². The van der Waals surface area contributed by atoms with Gasteiger partial charge in [0.1, 0.15) is 5.82 Å². The molecule has 0 fully saturated rings. The van der Waals surface area contributed by atoms with Crippen molar-refractivity contribution < 1.29 is 9.18 Å². The van der Waals surface area contributed by atoms with E-state index in [9.17, 15) is 9.18 Å². The zero-order valence-corrected chi connectivity index (χ0v) is 9.54. The van der Waals surface area contributed by atoms with Crippen molar-refractivity contribution in [3.63, 3.8) is 0 Å². The Kier molecular flexibility index (Phi) is 3.11. The summed E-state index contributed by atoms with van der Waals surface area (Å²) in [5.74, 6) is -0.928. The van der Waals surface area contributed by atoms with Crippen molar-refractivity contribution in [1.29, 1.82) is 0 Å². The number of hydrogen-bond donors (Lipinski definition) is 1. The van der Waals surface area contributed by atoms with Crippen LogP contribution in [0.25, 0.3) is 0 Å². The van der Waals surface area contributed by atoms with E-state index in [4.69, 9.17) is 17.3 Å². The molecule has 0 unspecified atom stereocenters. The Bertz CT molecular complexity index is 566. The molecule has 0 heterocycles. The molecule has 2 nitrogen and oxygen atoms in total. The average Bonchev–Trinajstić information content (AvgIpc) is 2.33. The third-order valence-corrected chi connectivity index (χ3v) is 2.75. The summed E-state index contributed by atoms with van der Waals surface area (Å²) in [7, 11) is 0. The number of ketones is 1.